The number of ether oxygens (including phenoxy) is 1. The third-order valence-electron chi connectivity index (χ3n) is 3.52. The minimum absolute atomic E-state index is 0.328. The summed E-state index contributed by atoms with van der Waals surface area (Å²) in [6, 6.07) is 6.93. The Hall–Kier alpha value is -1.59. The number of sulfonamides is 1. The fraction of sp³-hybridized carbons (Fsp3) is 0.375. The molecule has 4 nitrogen and oxygen atoms in total. The van der Waals surface area contributed by atoms with Crippen molar-refractivity contribution in [3.63, 3.8) is 0 Å². The van der Waals surface area contributed by atoms with E-state index in [9.17, 15) is 8.42 Å². The van der Waals surface area contributed by atoms with Crippen LogP contribution in [0.5, 0.6) is 0 Å². The van der Waals surface area contributed by atoms with Gasteiger partial charge in [-0.05, 0) is 38.0 Å². The molecule has 0 N–H and O–H groups in total. The van der Waals surface area contributed by atoms with Crippen molar-refractivity contribution in [2.24, 2.45) is 0 Å². The third kappa shape index (κ3) is 3.74. The summed E-state index contributed by atoms with van der Waals surface area (Å²) >= 11 is 0. The van der Waals surface area contributed by atoms with Gasteiger partial charge in [-0.1, -0.05) is 29.8 Å². The number of allylic oxidation sites excluding steroid dienone is 1. The Labute approximate surface area is 126 Å². The maximum absolute atomic E-state index is 12.7. The van der Waals surface area contributed by atoms with Crippen molar-refractivity contribution in [1.29, 1.82) is 0 Å². The van der Waals surface area contributed by atoms with Gasteiger partial charge in [0, 0.05) is 13.1 Å². The molecular weight excluding hydrogens is 286 g/mol. The van der Waals surface area contributed by atoms with Crippen LogP contribution >= 0.6 is 0 Å². The standard InChI is InChI=1S/C16H21NO3S/c1-13(2)15-8-9-17(10-11-20-12-15)21(18,19)16-6-4-14(3)5-7-16/h4-7,12H,1,8-11H2,2-3H3/b15-12+. The first kappa shape index (κ1) is 15.8. The van der Waals surface area contributed by atoms with Crippen molar-refractivity contribution >= 4 is 10.0 Å². The second kappa shape index (κ2) is 6.45. The van der Waals surface area contributed by atoms with E-state index in [0.29, 0.717) is 31.0 Å². The lowest BCUT2D eigenvalue weighted by Gasteiger charge is -2.24. The Balaban J connectivity index is 2.22. The number of hydrogen-bond donors (Lipinski definition) is 0. The van der Waals surface area contributed by atoms with Crippen LogP contribution in [0.15, 0.2) is 53.1 Å². The normalized spacial score (nSPS) is 19.8. The Bertz CT molecular complexity index is 645. The molecule has 1 heterocycles. The summed E-state index contributed by atoms with van der Waals surface area (Å²) < 4.78 is 32.2. The van der Waals surface area contributed by atoms with Gasteiger partial charge in [0.1, 0.15) is 6.61 Å². The molecule has 0 bridgehead atoms. The number of aryl methyl sites for hydroxylation is 1. The first-order valence-corrected chi connectivity index (χ1v) is 8.38. The fourth-order valence-electron chi connectivity index (χ4n) is 2.14. The molecule has 0 saturated carbocycles. The van der Waals surface area contributed by atoms with E-state index in [1.807, 2.05) is 26.0 Å². The van der Waals surface area contributed by atoms with Gasteiger partial charge in [-0.3, -0.25) is 0 Å². The van der Waals surface area contributed by atoms with E-state index in [-0.39, 0.29) is 0 Å². The molecule has 5 heteroatoms. The lowest BCUT2D eigenvalue weighted by atomic mass is 10.1. The van der Waals surface area contributed by atoms with Crippen LogP contribution in [-0.4, -0.2) is 32.4 Å². The molecule has 0 fully saturated rings. The summed E-state index contributed by atoms with van der Waals surface area (Å²) in [7, 11) is -3.47. The molecule has 0 radical (unpaired) electrons. The van der Waals surface area contributed by atoms with Gasteiger partial charge in [0.15, 0.2) is 0 Å². The zero-order valence-corrected chi connectivity index (χ0v) is 13.3. The highest BCUT2D eigenvalue weighted by Crippen LogP contribution is 2.21. The number of rotatable bonds is 3. The van der Waals surface area contributed by atoms with E-state index in [1.54, 1.807) is 18.4 Å². The molecule has 21 heavy (non-hydrogen) atoms. The van der Waals surface area contributed by atoms with Crippen LogP contribution in [0, 0.1) is 6.92 Å². The largest absolute Gasteiger partial charge is 0.500 e. The van der Waals surface area contributed by atoms with Crippen LogP contribution in [0.25, 0.3) is 0 Å². The molecule has 1 aliphatic rings. The smallest absolute Gasteiger partial charge is 0.243 e. The molecule has 0 spiro atoms. The van der Waals surface area contributed by atoms with E-state index >= 15 is 0 Å². The van der Waals surface area contributed by atoms with Gasteiger partial charge < -0.3 is 4.74 Å². The van der Waals surface area contributed by atoms with Crippen LogP contribution in [0.3, 0.4) is 0 Å². The van der Waals surface area contributed by atoms with Gasteiger partial charge >= 0.3 is 0 Å². The van der Waals surface area contributed by atoms with Crippen LogP contribution in [0.1, 0.15) is 18.9 Å². The van der Waals surface area contributed by atoms with E-state index in [4.69, 9.17) is 4.74 Å². The van der Waals surface area contributed by atoms with Crippen molar-refractivity contribution in [3.8, 4) is 0 Å². The van der Waals surface area contributed by atoms with Crippen molar-refractivity contribution in [3.05, 3.63) is 53.8 Å². The second-order valence-corrected chi connectivity index (χ2v) is 7.20. The van der Waals surface area contributed by atoms with Gasteiger partial charge in [0.25, 0.3) is 0 Å². The van der Waals surface area contributed by atoms with Gasteiger partial charge in [-0.25, -0.2) is 8.42 Å². The van der Waals surface area contributed by atoms with Crippen molar-refractivity contribution < 1.29 is 13.2 Å². The summed E-state index contributed by atoms with van der Waals surface area (Å²) in [6.45, 7) is 8.87. The molecule has 0 aliphatic carbocycles. The van der Waals surface area contributed by atoms with Gasteiger partial charge in [-0.15, -0.1) is 0 Å². The molecule has 0 atom stereocenters. The number of hydrogen-bond acceptors (Lipinski definition) is 3. The number of benzene rings is 1. The Morgan fingerprint density at radius 2 is 1.90 bits per heavy atom. The summed E-state index contributed by atoms with van der Waals surface area (Å²) in [5.74, 6) is 0. The number of nitrogens with zero attached hydrogens (tertiary/aromatic N) is 1. The Kier molecular flexibility index (Phi) is 4.85. The maximum atomic E-state index is 12.7. The molecule has 0 amide bonds. The van der Waals surface area contributed by atoms with Crippen LogP contribution in [-0.2, 0) is 14.8 Å². The van der Waals surface area contributed by atoms with E-state index in [2.05, 4.69) is 6.58 Å². The van der Waals surface area contributed by atoms with E-state index in [1.165, 1.54) is 4.31 Å². The van der Waals surface area contributed by atoms with Crippen molar-refractivity contribution in [2.45, 2.75) is 25.2 Å². The van der Waals surface area contributed by atoms with Crippen LogP contribution in [0.4, 0.5) is 0 Å². The first-order valence-electron chi connectivity index (χ1n) is 6.94. The average molecular weight is 307 g/mol. The first-order chi connectivity index (χ1) is 9.91. The molecule has 1 aromatic rings. The van der Waals surface area contributed by atoms with Crippen LogP contribution in [0.2, 0.25) is 0 Å². The maximum Gasteiger partial charge on any atom is 0.243 e. The summed E-state index contributed by atoms with van der Waals surface area (Å²) in [5, 5.41) is 0. The SMILES string of the molecule is C=C(C)/C1=C/OCCN(S(=O)(=O)c2ccc(C)cc2)CC1. The predicted octanol–water partition coefficient (Wildman–Crippen LogP) is 2.87. The van der Waals surface area contributed by atoms with Gasteiger partial charge in [0.05, 0.1) is 11.2 Å². The molecule has 2 rings (SSSR count). The van der Waals surface area contributed by atoms with Crippen LogP contribution < -0.4 is 0 Å². The van der Waals surface area contributed by atoms with Crippen molar-refractivity contribution in [2.75, 3.05) is 19.7 Å². The highest BCUT2D eigenvalue weighted by atomic mass is 32.2. The van der Waals surface area contributed by atoms with Crippen molar-refractivity contribution in [1.82, 2.24) is 4.31 Å². The molecule has 114 valence electrons. The molecular formula is C16H21NO3S. The molecule has 0 unspecified atom stereocenters. The minimum atomic E-state index is -3.47. The Morgan fingerprint density at radius 1 is 1.24 bits per heavy atom. The molecule has 1 aliphatic heterocycles. The molecule has 0 aromatic heterocycles. The molecule has 1 aromatic carbocycles. The monoisotopic (exact) mass is 307 g/mol. The quantitative estimate of drug-likeness (QED) is 0.862. The zero-order chi connectivity index (χ0) is 15.5. The summed E-state index contributed by atoms with van der Waals surface area (Å²) in [6.07, 6.45) is 2.30. The fourth-order valence-corrected chi connectivity index (χ4v) is 3.57. The zero-order valence-electron chi connectivity index (χ0n) is 12.5. The van der Waals surface area contributed by atoms with Gasteiger partial charge in [-0.2, -0.15) is 4.31 Å². The average Bonchev–Trinajstić information content (AvgIpc) is 2.38. The summed E-state index contributed by atoms with van der Waals surface area (Å²) in [4.78, 5) is 0.328. The predicted molar refractivity (Wildman–Crippen MR) is 83.4 cm³/mol. The van der Waals surface area contributed by atoms with E-state index in [0.717, 1.165) is 16.7 Å². The highest BCUT2D eigenvalue weighted by Gasteiger charge is 2.25. The minimum Gasteiger partial charge on any atom is -0.500 e. The highest BCUT2D eigenvalue weighted by molar-refractivity contribution is 7.89. The molecule has 0 saturated heterocycles. The summed E-state index contributed by atoms with van der Waals surface area (Å²) in [5.41, 5.74) is 2.90. The van der Waals surface area contributed by atoms with Gasteiger partial charge in [0.2, 0.25) is 10.0 Å². The van der Waals surface area contributed by atoms with E-state index < -0.39 is 10.0 Å². The third-order valence-corrected chi connectivity index (χ3v) is 5.43. The lowest BCUT2D eigenvalue weighted by molar-refractivity contribution is 0.210. The lowest BCUT2D eigenvalue weighted by Crippen LogP contribution is -2.35. The topological polar surface area (TPSA) is 46.6 Å². The Morgan fingerprint density at radius 3 is 2.52 bits per heavy atom. The second-order valence-electron chi connectivity index (χ2n) is 5.26.